The fraction of sp³-hybridized carbons (Fsp3) is 0.571. The molecule has 1 aromatic rings. The van der Waals surface area contributed by atoms with Gasteiger partial charge in [0, 0.05) is 26.2 Å². The highest BCUT2D eigenvalue weighted by Crippen LogP contribution is 2.36. The standard InChI is InChI=1S/C14H18F2N2O2.2ClH/c15-14(16)13(18-5-3-17-4-6-18)10-1-2-11-12(9-10)20-8-7-19-11;;/h1-2,9,13-14,17H,3-8H2;2*1H/t13-;;/m0../s1. The molecule has 2 aliphatic heterocycles. The van der Waals surface area contributed by atoms with Crippen LogP contribution in [0, 0.1) is 0 Å². The lowest BCUT2D eigenvalue weighted by molar-refractivity contribution is 0.0179. The molecule has 1 saturated heterocycles. The van der Waals surface area contributed by atoms with Gasteiger partial charge in [-0.3, -0.25) is 4.90 Å². The third kappa shape index (κ3) is 4.13. The van der Waals surface area contributed by atoms with E-state index in [9.17, 15) is 8.78 Å². The van der Waals surface area contributed by atoms with E-state index in [1.165, 1.54) is 0 Å². The predicted molar refractivity (Wildman–Crippen MR) is 85.1 cm³/mol. The molecule has 0 aliphatic carbocycles. The number of hydrogen-bond acceptors (Lipinski definition) is 4. The average Bonchev–Trinajstić information content (AvgIpc) is 2.48. The van der Waals surface area contributed by atoms with Crippen LogP contribution in [-0.2, 0) is 0 Å². The van der Waals surface area contributed by atoms with E-state index in [0.29, 0.717) is 43.4 Å². The van der Waals surface area contributed by atoms with Crippen molar-refractivity contribution in [2.45, 2.75) is 12.5 Å². The summed E-state index contributed by atoms with van der Waals surface area (Å²) in [5.74, 6) is 1.20. The van der Waals surface area contributed by atoms with Crippen LogP contribution in [0.2, 0.25) is 0 Å². The largest absolute Gasteiger partial charge is 0.486 e. The van der Waals surface area contributed by atoms with Crippen molar-refractivity contribution >= 4 is 24.8 Å². The lowest BCUT2D eigenvalue weighted by atomic mass is 10.0. The SMILES string of the molecule is Cl.Cl.FC(F)[C@H](c1ccc2c(c1)OCCO2)N1CCNCC1. The molecule has 8 heteroatoms. The summed E-state index contributed by atoms with van der Waals surface area (Å²) in [6.07, 6.45) is -2.42. The lowest BCUT2D eigenvalue weighted by Gasteiger charge is -2.35. The van der Waals surface area contributed by atoms with Gasteiger partial charge in [0.2, 0.25) is 0 Å². The third-order valence-electron chi connectivity index (χ3n) is 3.69. The van der Waals surface area contributed by atoms with Crippen molar-refractivity contribution in [2.75, 3.05) is 39.4 Å². The van der Waals surface area contributed by atoms with Crippen LogP contribution in [0.3, 0.4) is 0 Å². The second kappa shape index (κ2) is 8.72. The minimum absolute atomic E-state index is 0. The van der Waals surface area contributed by atoms with Crippen molar-refractivity contribution in [1.82, 2.24) is 10.2 Å². The minimum Gasteiger partial charge on any atom is -0.486 e. The quantitative estimate of drug-likeness (QED) is 0.902. The molecular formula is C14H20Cl2F2N2O2. The van der Waals surface area contributed by atoms with Gasteiger partial charge in [0.25, 0.3) is 6.43 Å². The molecule has 0 bridgehead atoms. The second-order valence-corrected chi connectivity index (χ2v) is 4.97. The van der Waals surface area contributed by atoms with Gasteiger partial charge in [0.05, 0.1) is 6.04 Å². The Labute approximate surface area is 141 Å². The van der Waals surface area contributed by atoms with E-state index >= 15 is 0 Å². The summed E-state index contributed by atoms with van der Waals surface area (Å²) in [5.41, 5.74) is 0.589. The second-order valence-electron chi connectivity index (χ2n) is 4.97. The summed E-state index contributed by atoms with van der Waals surface area (Å²) in [4.78, 5) is 1.83. The highest BCUT2D eigenvalue weighted by molar-refractivity contribution is 5.85. The van der Waals surface area contributed by atoms with Gasteiger partial charge in [-0.15, -0.1) is 24.8 Å². The van der Waals surface area contributed by atoms with Crippen molar-refractivity contribution in [3.63, 3.8) is 0 Å². The van der Waals surface area contributed by atoms with E-state index in [1.54, 1.807) is 18.2 Å². The van der Waals surface area contributed by atoms with E-state index in [2.05, 4.69) is 5.32 Å². The Morgan fingerprint density at radius 1 is 1.00 bits per heavy atom. The first-order valence-corrected chi connectivity index (χ1v) is 6.88. The Bertz CT molecular complexity index is 474. The van der Waals surface area contributed by atoms with Crippen molar-refractivity contribution in [2.24, 2.45) is 0 Å². The molecule has 2 heterocycles. The van der Waals surface area contributed by atoms with Crippen LogP contribution in [0.5, 0.6) is 11.5 Å². The highest BCUT2D eigenvalue weighted by Gasteiger charge is 2.31. The molecule has 0 spiro atoms. The lowest BCUT2D eigenvalue weighted by Crippen LogP contribution is -2.46. The summed E-state index contributed by atoms with van der Waals surface area (Å²) < 4.78 is 37.8. The summed E-state index contributed by atoms with van der Waals surface area (Å²) >= 11 is 0. The first-order valence-electron chi connectivity index (χ1n) is 6.88. The van der Waals surface area contributed by atoms with Gasteiger partial charge >= 0.3 is 0 Å². The van der Waals surface area contributed by atoms with E-state index in [-0.39, 0.29) is 24.8 Å². The molecule has 1 atom stereocenters. The number of ether oxygens (including phenoxy) is 2. The zero-order chi connectivity index (χ0) is 13.9. The van der Waals surface area contributed by atoms with Crippen molar-refractivity contribution in [3.8, 4) is 11.5 Å². The Balaban J connectivity index is 0.00000121. The van der Waals surface area contributed by atoms with E-state index < -0.39 is 12.5 Å². The number of rotatable bonds is 3. The van der Waals surface area contributed by atoms with E-state index in [4.69, 9.17) is 9.47 Å². The number of piperazine rings is 1. The molecule has 1 N–H and O–H groups in total. The topological polar surface area (TPSA) is 33.7 Å². The van der Waals surface area contributed by atoms with Gasteiger partial charge in [-0.25, -0.2) is 8.78 Å². The number of halogens is 4. The molecule has 0 saturated carbocycles. The minimum atomic E-state index is -2.42. The molecule has 3 rings (SSSR count). The monoisotopic (exact) mass is 356 g/mol. The molecule has 0 aromatic heterocycles. The normalized spacial score (nSPS) is 19.0. The van der Waals surface area contributed by atoms with Crippen LogP contribution < -0.4 is 14.8 Å². The maximum absolute atomic E-state index is 13.5. The van der Waals surface area contributed by atoms with Gasteiger partial charge in [0.15, 0.2) is 11.5 Å². The number of nitrogens with zero attached hydrogens (tertiary/aromatic N) is 1. The van der Waals surface area contributed by atoms with Gasteiger partial charge in [-0.1, -0.05) is 6.07 Å². The summed E-state index contributed by atoms with van der Waals surface area (Å²) in [7, 11) is 0. The molecular weight excluding hydrogens is 337 g/mol. The molecule has 2 aliphatic rings. The maximum Gasteiger partial charge on any atom is 0.258 e. The molecule has 22 heavy (non-hydrogen) atoms. The number of fused-ring (bicyclic) bond motifs is 1. The highest BCUT2D eigenvalue weighted by atomic mass is 35.5. The smallest absolute Gasteiger partial charge is 0.258 e. The molecule has 1 aromatic carbocycles. The van der Waals surface area contributed by atoms with Gasteiger partial charge in [-0.2, -0.15) is 0 Å². The van der Waals surface area contributed by atoms with Crippen LogP contribution >= 0.6 is 24.8 Å². The Morgan fingerprint density at radius 2 is 1.64 bits per heavy atom. The number of nitrogens with one attached hydrogen (secondary N) is 1. The van der Waals surface area contributed by atoms with E-state index in [1.807, 2.05) is 4.90 Å². The zero-order valence-corrected chi connectivity index (χ0v) is 13.6. The fourth-order valence-corrected chi connectivity index (χ4v) is 2.72. The summed E-state index contributed by atoms with van der Waals surface area (Å²) in [5, 5.41) is 3.18. The first-order chi connectivity index (χ1) is 9.75. The third-order valence-corrected chi connectivity index (χ3v) is 3.69. The zero-order valence-electron chi connectivity index (χ0n) is 12.0. The Morgan fingerprint density at radius 3 is 2.27 bits per heavy atom. The van der Waals surface area contributed by atoms with Gasteiger partial charge < -0.3 is 14.8 Å². The van der Waals surface area contributed by atoms with Crippen molar-refractivity contribution in [1.29, 1.82) is 0 Å². The maximum atomic E-state index is 13.5. The van der Waals surface area contributed by atoms with Crippen LogP contribution in [0.25, 0.3) is 0 Å². The molecule has 126 valence electrons. The van der Waals surface area contributed by atoms with Gasteiger partial charge in [0.1, 0.15) is 13.2 Å². The molecule has 4 nitrogen and oxygen atoms in total. The number of benzene rings is 1. The summed E-state index contributed by atoms with van der Waals surface area (Å²) in [6.45, 7) is 3.71. The van der Waals surface area contributed by atoms with E-state index in [0.717, 1.165) is 13.1 Å². The summed E-state index contributed by atoms with van der Waals surface area (Å²) in [6, 6.07) is 4.24. The molecule has 1 fully saturated rings. The molecule has 0 unspecified atom stereocenters. The number of hydrogen-bond donors (Lipinski definition) is 1. The molecule has 0 amide bonds. The van der Waals surface area contributed by atoms with Gasteiger partial charge in [-0.05, 0) is 17.7 Å². The van der Waals surface area contributed by atoms with Crippen molar-refractivity contribution < 1.29 is 18.3 Å². The van der Waals surface area contributed by atoms with Crippen LogP contribution in [0.15, 0.2) is 18.2 Å². The Kier molecular flexibility index (Phi) is 7.62. The Hall–Kier alpha value is -0.820. The number of alkyl halides is 2. The van der Waals surface area contributed by atoms with Crippen LogP contribution in [0.4, 0.5) is 8.78 Å². The van der Waals surface area contributed by atoms with Crippen LogP contribution in [-0.4, -0.2) is 50.7 Å². The van der Waals surface area contributed by atoms with Crippen LogP contribution in [0.1, 0.15) is 11.6 Å². The average molecular weight is 357 g/mol. The first kappa shape index (κ1) is 19.2. The predicted octanol–water partition coefficient (Wildman–Crippen LogP) is 2.51. The molecule has 0 radical (unpaired) electrons. The van der Waals surface area contributed by atoms with Crippen molar-refractivity contribution in [3.05, 3.63) is 23.8 Å². The fourth-order valence-electron chi connectivity index (χ4n) is 2.72.